The maximum absolute atomic E-state index is 13.9. The zero-order valence-electron chi connectivity index (χ0n) is 23.9. The maximum atomic E-state index is 13.9. The van der Waals surface area contributed by atoms with Crippen LogP contribution < -0.4 is 15.8 Å². The predicted molar refractivity (Wildman–Crippen MR) is 157 cm³/mol. The third-order valence-corrected chi connectivity index (χ3v) is 9.56. The van der Waals surface area contributed by atoms with Gasteiger partial charge < -0.3 is 16.0 Å². The molecule has 0 bridgehead atoms. The second-order valence-electron chi connectivity index (χ2n) is 10.9. The lowest BCUT2D eigenvalue weighted by atomic mass is 9.96. The number of carbonyl (C=O) groups is 2. The van der Waals surface area contributed by atoms with Gasteiger partial charge in [-0.2, -0.15) is 13.5 Å². The van der Waals surface area contributed by atoms with E-state index in [0.717, 1.165) is 36.9 Å². The molecule has 2 aliphatic rings. The summed E-state index contributed by atoms with van der Waals surface area (Å²) in [5.74, 6) is -0.644. The summed E-state index contributed by atoms with van der Waals surface area (Å²) in [6, 6.07) is 7.32. The Morgan fingerprint density at radius 3 is 2.45 bits per heavy atom. The number of sulfonamides is 1. The molecule has 42 heavy (non-hydrogen) atoms. The number of benzene rings is 1. The highest BCUT2D eigenvalue weighted by atomic mass is 32.2. The Labute approximate surface area is 246 Å². The fourth-order valence-corrected chi connectivity index (χ4v) is 7.09. The molecule has 1 atom stereocenters. The first-order chi connectivity index (χ1) is 20.1. The molecular weight excluding hydrogens is 564 g/mol. The minimum Gasteiger partial charge on any atom is -0.397 e. The topological polar surface area (TPSA) is 134 Å². The quantitative estimate of drug-likeness (QED) is 0.327. The lowest BCUT2D eigenvalue weighted by Crippen LogP contribution is -2.50. The molecule has 0 radical (unpaired) electrons. The second kappa shape index (κ2) is 14.2. The molecule has 2 amide bonds. The summed E-state index contributed by atoms with van der Waals surface area (Å²) in [4.78, 5) is 31.8. The third kappa shape index (κ3) is 7.91. The van der Waals surface area contributed by atoms with Gasteiger partial charge in [-0.1, -0.05) is 31.9 Å². The average molecular weight is 604 g/mol. The van der Waals surface area contributed by atoms with Gasteiger partial charge in [-0.15, -0.1) is 0 Å². The number of nitrogen functional groups attached to an aromatic ring is 1. The number of nitrogens with zero attached hydrogens (tertiary/aromatic N) is 2. The molecule has 4 N–H and O–H groups in total. The number of rotatable bonds is 11. The van der Waals surface area contributed by atoms with Crippen LogP contribution in [0.5, 0.6) is 0 Å². The van der Waals surface area contributed by atoms with E-state index in [9.17, 15) is 26.8 Å². The van der Waals surface area contributed by atoms with Crippen LogP contribution in [0.15, 0.2) is 53.1 Å². The van der Waals surface area contributed by atoms with Crippen molar-refractivity contribution in [2.45, 2.75) is 88.0 Å². The Hall–Kier alpha value is -3.38. The van der Waals surface area contributed by atoms with Crippen molar-refractivity contribution in [2.75, 3.05) is 24.1 Å². The molecule has 0 spiro atoms. The van der Waals surface area contributed by atoms with Crippen LogP contribution in [0.4, 0.5) is 20.2 Å². The van der Waals surface area contributed by atoms with Gasteiger partial charge in [0, 0.05) is 25.2 Å². The Balaban J connectivity index is 1.61. The molecule has 2 heterocycles. The van der Waals surface area contributed by atoms with Crippen molar-refractivity contribution in [1.29, 1.82) is 0 Å². The van der Waals surface area contributed by atoms with Crippen molar-refractivity contribution in [2.24, 2.45) is 0 Å². The Morgan fingerprint density at radius 1 is 1.12 bits per heavy atom. The number of hydrogen-bond acceptors (Lipinski definition) is 6. The van der Waals surface area contributed by atoms with Crippen LogP contribution >= 0.6 is 0 Å². The normalized spacial score (nSPS) is 16.8. The van der Waals surface area contributed by atoms with Gasteiger partial charge in [-0.3, -0.25) is 14.6 Å². The predicted octanol–water partition coefficient (Wildman–Crippen LogP) is 5.11. The van der Waals surface area contributed by atoms with Gasteiger partial charge in [0.2, 0.25) is 21.8 Å². The van der Waals surface area contributed by atoms with E-state index in [-0.39, 0.29) is 66.8 Å². The number of hydrogen-bond donors (Lipinski definition) is 3. The zero-order chi connectivity index (χ0) is 30.3. The minimum atomic E-state index is -4.28. The first-order valence-corrected chi connectivity index (χ1v) is 16.0. The molecule has 1 saturated carbocycles. The maximum Gasteiger partial charge on any atom is 0.269 e. The SMILES string of the molecule is CCC(=O)Nc1c(C2CCCC2)cccc1S(=O)(=O)N[C@@H](CCCc1ccc(N)cn1)C(=O)N1CCC(=C(F)F)CC1. The van der Waals surface area contributed by atoms with Gasteiger partial charge in [0.15, 0.2) is 0 Å². The van der Waals surface area contributed by atoms with Crippen molar-refractivity contribution >= 4 is 33.2 Å². The highest BCUT2D eigenvalue weighted by Crippen LogP contribution is 2.40. The molecule has 228 valence electrons. The van der Waals surface area contributed by atoms with E-state index in [1.165, 1.54) is 17.2 Å². The summed E-state index contributed by atoms with van der Waals surface area (Å²) in [6.45, 7) is 1.86. The molecule has 1 aromatic heterocycles. The van der Waals surface area contributed by atoms with Crippen LogP contribution in [0.1, 0.15) is 81.9 Å². The lowest BCUT2D eigenvalue weighted by Gasteiger charge is -2.31. The first kappa shape index (κ1) is 31.6. The van der Waals surface area contributed by atoms with Gasteiger partial charge in [-0.25, -0.2) is 8.42 Å². The molecule has 0 unspecified atom stereocenters. The molecule has 2 aromatic rings. The van der Waals surface area contributed by atoms with Crippen LogP contribution in [0, 0.1) is 0 Å². The average Bonchev–Trinajstić information content (AvgIpc) is 3.52. The number of para-hydroxylation sites is 1. The molecule has 9 nitrogen and oxygen atoms in total. The molecule has 2 fully saturated rings. The van der Waals surface area contributed by atoms with Crippen molar-refractivity contribution < 1.29 is 26.8 Å². The molecule has 12 heteroatoms. The number of likely N-dealkylation sites (tertiary alicyclic amines) is 1. The Kier molecular flexibility index (Phi) is 10.7. The summed E-state index contributed by atoms with van der Waals surface area (Å²) in [7, 11) is -4.28. The van der Waals surface area contributed by atoms with Crippen molar-refractivity contribution in [3.8, 4) is 0 Å². The van der Waals surface area contributed by atoms with Crippen LogP contribution in [-0.2, 0) is 26.0 Å². The van der Waals surface area contributed by atoms with E-state index in [1.54, 1.807) is 25.1 Å². The number of carbonyl (C=O) groups excluding carboxylic acids is 2. The summed E-state index contributed by atoms with van der Waals surface area (Å²) in [5, 5.41) is 2.81. The molecule has 1 aromatic carbocycles. The molecular formula is C30H39F2N5O4S. The minimum absolute atomic E-state index is 0.0191. The van der Waals surface area contributed by atoms with Crippen molar-refractivity contribution in [3.05, 3.63) is 59.4 Å². The number of aryl methyl sites for hydroxylation is 1. The van der Waals surface area contributed by atoms with Crippen LogP contribution in [-0.4, -0.2) is 49.2 Å². The van der Waals surface area contributed by atoms with Gasteiger partial charge >= 0.3 is 0 Å². The fourth-order valence-electron chi connectivity index (χ4n) is 5.67. The van der Waals surface area contributed by atoms with E-state index >= 15 is 0 Å². The van der Waals surface area contributed by atoms with E-state index in [1.807, 2.05) is 6.07 Å². The van der Waals surface area contributed by atoms with Crippen LogP contribution in [0.2, 0.25) is 0 Å². The van der Waals surface area contributed by atoms with E-state index < -0.39 is 28.1 Å². The summed E-state index contributed by atoms with van der Waals surface area (Å²) in [5.41, 5.74) is 8.04. The fraction of sp³-hybridized carbons (Fsp3) is 0.500. The summed E-state index contributed by atoms with van der Waals surface area (Å²) in [6.07, 6.45) is 5.02. The van der Waals surface area contributed by atoms with Gasteiger partial charge in [0.1, 0.15) is 10.9 Å². The number of piperidine rings is 1. The second-order valence-corrected chi connectivity index (χ2v) is 12.6. The standard InChI is InChI=1S/C30H39F2N5O4S/c1-2-27(38)35-28-24(20-7-3-4-8-20)10-6-12-26(28)42(40,41)36-25(11-5-9-23-14-13-22(33)19-34-23)30(39)37-17-15-21(16-18-37)29(31)32/h6,10,12-14,19-20,25,36H,2-5,7-9,11,15-18,33H2,1H3,(H,35,38)/t25-/m0/s1. The number of amides is 2. The monoisotopic (exact) mass is 603 g/mol. The van der Waals surface area contributed by atoms with Gasteiger partial charge in [0.25, 0.3) is 6.08 Å². The number of aromatic nitrogens is 1. The first-order valence-electron chi connectivity index (χ1n) is 14.6. The number of nitrogens with two attached hydrogens (primary N) is 1. The third-order valence-electron chi connectivity index (χ3n) is 8.04. The highest BCUT2D eigenvalue weighted by molar-refractivity contribution is 7.89. The van der Waals surface area contributed by atoms with Crippen molar-refractivity contribution in [3.63, 3.8) is 0 Å². The number of nitrogens with one attached hydrogen (secondary N) is 2. The van der Waals surface area contributed by atoms with E-state index in [0.29, 0.717) is 18.5 Å². The molecule has 4 rings (SSSR count). The Morgan fingerprint density at radius 2 is 1.83 bits per heavy atom. The molecule has 1 aliphatic heterocycles. The number of pyridine rings is 1. The number of halogens is 2. The zero-order valence-corrected chi connectivity index (χ0v) is 24.7. The lowest BCUT2D eigenvalue weighted by molar-refractivity contribution is -0.133. The molecule has 1 saturated heterocycles. The van der Waals surface area contributed by atoms with Crippen molar-refractivity contribution in [1.82, 2.24) is 14.6 Å². The van der Waals surface area contributed by atoms with Gasteiger partial charge in [-0.05, 0) is 80.2 Å². The number of anilines is 2. The van der Waals surface area contributed by atoms with Gasteiger partial charge in [0.05, 0.1) is 17.6 Å². The largest absolute Gasteiger partial charge is 0.397 e. The van der Waals surface area contributed by atoms with E-state index in [4.69, 9.17) is 5.73 Å². The molecule has 1 aliphatic carbocycles. The smallest absolute Gasteiger partial charge is 0.269 e. The van der Waals surface area contributed by atoms with Crippen LogP contribution in [0.3, 0.4) is 0 Å². The summed E-state index contributed by atoms with van der Waals surface area (Å²) < 4.78 is 56.7. The highest BCUT2D eigenvalue weighted by Gasteiger charge is 2.33. The van der Waals surface area contributed by atoms with Crippen LogP contribution in [0.25, 0.3) is 0 Å². The van der Waals surface area contributed by atoms with E-state index in [2.05, 4.69) is 15.0 Å². The Bertz CT molecular complexity index is 1400. The summed E-state index contributed by atoms with van der Waals surface area (Å²) >= 11 is 0.